The lowest BCUT2D eigenvalue weighted by Gasteiger charge is -2.26. The Morgan fingerprint density at radius 1 is 1.38 bits per heavy atom. The lowest BCUT2D eigenvalue weighted by molar-refractivity contribution is -0.0713. The highest BCUT2D eigenvalue weighted by molar-refractivity contribution is 5.96. The number of carbonyl (C=O) groups excluding carboxylic acids is 1. The van der Waals surface area contributed by atoms with E-state index in [0.29, 0.717) is 5.76 Å². The molecular formula is C13H18O3. The molecule has 0 radical (unpaired) electrons. The first-order chi connectivity index (χ1) is 7.32. The molecule has 0 N–H and O–H groups in total. The zero-order valence-corrected chi connectivity index (χ0v) is 10.2. The van der Waals surface area contributed by atoms with Gasteiger partial charge in [-0.15, -0.1) is 0 Å². The summed E-state index contributed by atoms with van der Waals surface area (Å²) in [7, 11) is 0. The van der Waals surface area contributed by atoms with E-state index in [4.69, 9.17) is 9.15 Å². The van der Waals surface area contributed by atoms with Crippen molar-refractivity contribution in [1.29, 1.82) is 0 Å². The number of ether oxygens (including phenoxy) is 1. The zero-order valence-electron chi connectivity index (χ0n) is 10.2. The van der Waals surface area contributed by atoms with Crippen LogP contribution in [0.1, 0.15) is 44.7 Å². The van der Waals surface area contributed by atoms with Crippen molar-refractivity contribution >= 4 is 5.78 Å². The number of hydrogen-bond acceptors (Lipinski definition) is 3. The highest BCUT2D eigenvalue weighted by Gasteiger charge is 2.49. The normalized spacial score (nSPS) is 26.9. The van der Waals surface area contributed by atoms with E-state index < -0.39 is 5.60 Å². The van der Waals surface area contributed by atoms with E-state index in [1.165, 1.54) is 6.26 Å². The fourth-order valence-electron chi connectivity index (χ4n) is 2.56. The molecule has 1 aromatic rings. The van der Waals surface area contributed by atoms with Crippen LogP contribution < -0.4 is 0 Å². The number of Topliss-reactive ketones (excluding diaryl/α,β-unsaturated/α-hetero) is 1. The van der Waals surface area contributed by atoms with Crippen molar-refractivity contribution in [1.82, 2.24) is 0 Å². The van der Waals surface area contributed by atoms with Gasteiger partial charge < -0.3 is 9.15 Å². The minimum Gasteiger partial charge on any atom is -0.461 e. The second kappa shape index (κ2) is 3.45. The van der Waals surface area contributed by atoms with Gasteiger partial charge in [0.2, 0.25) is 5.78 Å². The number of furan rings is 1. The fourth-order valence-corrected chi connectivity index (χ4v) is 2.56. The van der Waals surface area contributed by atoms with Crippen LogP contribution >= 0.6 is 0 Å². The fraction of sp³-hybridized carbons (Fsp3) is 0.615. The molecule has 16 heavy (non-hydrogen) atoms. The maximum atomic E-state index is 12.2. The average Bonchev–Trinajstić information content (AvgIpc) is 2.69. The van der Waals surface area contributed by atoms with Gasteiger partial charge in [0.05, 0.1) is 23.4 Å². The van der Waals surface area contributed by atoms with E-state index in [1.807, 2.05) is 27.7 Å². The van der Waals surface area contributed by atoms with Gasteiger partial charge in [-0.1, -0.05) is 0 Å². The smallest absolute Gasteiger partial charge is 0.204 e. The van der Waals surface area contributed by atoms with E-state index >= 15 is 0 Å². The third-order valence-electron chi connectivity index (χ3n) is 3.15. The molecule has 0 aliphatic carbocycles. The zero-order chi connectivity index (χ0) is 12.0. The van der Waals surface area contributed by atoms with Gasteiger partial charge in [-0.25, -0.2) is 0 Å². The second-order valence-corrected chi connectivity index (χ2v) is 5.56. The highest BCUT2D eigenvalue weighted by atomic mass is 16.5. The molecule has 88 valence electrons. The molecule has 1 aromatic heterocycles. The molecule has 1 saturated heterocycles. The Labute approximate surface area is 95.8 Å². The molecular weight excluding hydrogens is 204 g/mol. The van der Waals surface area contributed by atoms with E-state index in [9.17, 15) is 4.79 Å². The van der Waals surface area contributed by atoms with Gasteiger partial charge in [-0.05, 0) is 46.2 Å². The Morgan fingerprint density at radius 2 is 2.06 bits per heavy atom. The number of hydrogen-bond donors (Lipinski definition) is 0. The summed E-state index contributed by atoms with van der Waals surface area (Å²) in [5, 5.41) is 0. The van der Waals surface area contributed by atoms with Crippen molar-refractivity contribution in [3.63, 3.8) is 0 Å². The molecule has 0 spiro atoms. The minimum absolute atomic E-state index is 0.0422. The van der Waals surface area contributed by atoms with Crippen LogP contribution in [-0.2, 0) is 4.74 Å². The molecule has 1 fully saturated rings. The van der Waals surface area contributed by atoms with Crippen LogP contribution in [0.5, 0.6) is 0 Å². The van der Waals surface area contributed by atoms with Gasteiger partial charge in [0, 0.05) is 0 Å². The monoisotopic (exact) mass is 222 g/mol. The number of carbonyl (C=O) groups is 1. The summed E-state index contributed by atoms with van der Waals surface area (Å²) in [5.74, 6) is 0.341. The van der Waals surface area contributed by atoms with Crippen LogP contribution in [0.25, 0.3) is 0 Å². The summed E-state index contributed by atoms with van der Waals surface area (Å²) in [6, 6.07) is 3.45. The summed E-state index contributed by atoms with van der Waals surface area (Å²) < 4.78 is 11.1. The topological polar surface area (TPSA) is 39.4 Å². The van der Waals surface area contributed by atoms with Crippen molar-refractivity contribution in [2.45, 2.75) is 45.3 Å². The summed E-state index contributed by atoms with van der Waals surface area (Å²) in [5.41, 5.74) is -0.663. The molecule has 1 aliphatic heterocycles. The van der Waals surface area contributed by atoms with Crippen molar-refractivity contribution in [3.8, 4) is 0 Å². The molecule has 2 heterocycles. The molecule has 1 aliphatic rings. The molecule has 1 atom stereocenters. The van der Waals surface area contributed by atoms with E-state index in [0.717, 1.165) is 6.42 Å². The Hall–Kier alpha value is -1.09. The first-order valence-electron chi connectivity index (χ1n) is 5.60. The quantitative estimate of drug-likeness (QED) is 0.722. The van der Waals surface area contributed by atoms with Crippen molar-refractivity contribution in [3.05, 3.63) is 24.2 Å². The standard InChI is InChI=1S/C13H18O3/c1-12(2)8-9(13(3,4)16-12)11(14)10-6-5-7-15-10/h5-7,9H,8H2,1-4H3. The van der Waals surface area contributed by atoms with E-state index in [1.54, 1.807) is 12.1 Å². The second-order valence-electron chi connectivity index (χ2n) is 5.56. The third-order valence-corrected chi connectivity index (χ3v) is 3.15. The lowest BCUT2D eigenvalue weighted by Crippen LogP contribution is -2.33. The largest absolute Gasteiger partial charge is 0.461 e. The predicted octanol–water partition coefficient (Wildman–Crippen LogP) is 3.06. The maximum absolute atomic E-state index is 12.2. The van der Waals surface area contributed by atoms with E-state index in [2.05, 4.69) is 0 Å². The highest BCUT2D eigenvalue weighted by Crippen LogP contribution is 2.43. The molecule has 3 heteroatoms. The molecule has 3 nitrogen and oxygen atoms in total. The average molecular weight is 222 g/mol. The van der Waals surface area contributed by atoms with Crippen LogP contribution in [0.15, 0.2) is 22.8 Å². The lowest BCUT2D eigenvalue weighted by atomic mass is 9.83. The summed E-state index contributed by atoms with van der Waals surface area (Å²) in [6.07, 6.45) is 2.26. The van der Waals surface area contributed by atoms with Crippen LogP contribution in [0.3, 0.4) is 0 Å². The SMILES string of the molecule is CC1(C)CC(C(=O)c2ccco2)C(C)(C)O1. The van der Waals surface area contributed by atoms with Crippen LogP contribution in [0.2, 0.25) is 0 Å². The molecule has 0 bridgehead atoms. The van der Waals surface area contributed by atoms with Gasteiger partial charge in [0.15, 0.2) is 5.76 Å². The first-order valence-corrected chi connectivity index (χ1v) is 5.60. The van der Waals surface area contributed by atoms with Crippen molar-refractivity contribution in [2.24, 2.45) is 5.92 Å². The number of rotatable bonds is 2. The predicted molar refractivity (Wildman–Crippen MR) is 60.4 cm³/mol. The van der Waals surface area contributed by atoms with Gasteiger partial charge >= 0.3 is 0 Å². The Balaban J connectivity index is 2.25. The molecule has 0 amide bonds. The summed E-state index contributed by atoms with van der Waals surface area (Å²) in [4.78, 5) is 12.2. The molecule has 2 rings (SSSR count). The van der Waals surface area contributed by atoms with Gasteiger partial charge in [0.25, 0.3) is 0 Å². The molecule has 0 aromatic carbocycles. The van der Waals surface area contributed by atoms with Crippen molar-refractivity contribution < 1.29 is 13.9 Å². The first kappa shape index (κ1) is 11.4. The van der Waals surface area contributed by atoms with Gasteiger partial charge in [-0.3, -0.25) is 4.79 Å². The Kier molecular flexibility index (Phi) is 2.46. The maximum Gasteiger partial charge on any atom is 0.204 e. The van der Waals surface area contributed by atoms with Crippen molar-refractivity contribution in [2.75, 3.05) is 0 Å². The van der Waals surface area contributed by atoms with Crippen LogP contribution in [0, 0.1) is 5.92 Å². The van der Waals surface area contributed by atoms with Gasteiger partial charge in [0.1, 0.15) is 0 Å². The van der Waals surface area contributed by atoms with Crippen LogP contribution in [0.4, 0.5) is 0 Å². The Morgan fingerprint density at radius 3 is 2.50 bits per heavy atom. The number of ketones is 1. The minimum atomic E-state index is -0.423. The molecule has 1 unspecified atom stereocenters. The Bertz CT molecular complexity index is 387. The van der Waals surface area contributed by atoms with Crippen LogP contribution in [-0.4, -0.2) is 17.0 Å². The third kappa shape index (κ3) is 1.92. The van der Waals surface area contributed by atoms with Gasteiger partial charge in [-0.2, -0.15) is 0 Å². The summed E-state index contributed by atoms with van der Waals surface area (Å²) in [6.45, 7) is 7.97. The van der Waals surface area contributed by atoms with E-state index in [-0.39, 0.29) is 17.3 Å². The summed E-state index contributed by atoms with van der Waals surface area (Å²) >= 11 is 0. The molecule has 0 saturated carbocycles.